The minimum absolute atomic E-state index is 0. The molecule has 30 heavy (non-hydrogen) atoms. The molecule has 0 radical (unpaired) electrons. The Bertz CT molecular complexity index is 997. The molecule has 10 heteroatoms. The van der Waals surface area contributed by atoms with Crippen LogP contribution in [-0.2, 0) is 30.2 Å². The highest BCUT2D eigenvalue weighted by molar-refractivity contribution is 5.91. The van der Waals surface area contributed by atoms with E-state index in [1.807, 2.05) is 24.1 Å². The van der Waals surface area contributed by atoms with Gasteiger partial charge in [-0.2, -0.15) is 0 Å². The zero-order valence-electron chi connectivity index (χ0n) is 17.5. The quantitative estimate of drug-likeness (QED) is 0.704. The van der Waals surface area contributed by atoms with Gasteiger partial charge in [0.15, 0.2) is 0 Å². The molecule has 0 saturated carbocycles. The van der Waals surface area contributed by atoms with E-state index in [4.69, 9.17) is 4.74 Å². The summed E-state index contributed by atoms with van der Waals surface area (Å²) in [6, 6.07) is 9.39. The number of halogens is 1. The summed E-state index contributed by atoms with van der Waals surface area (Å²) in [5, 5.41) is 2.66. The van der Waals surface area contributed by atoms with Crippen molar-refractivity contribution in [2.45, 2.75) is 6.54 Å². The highest BCUT2D eigenvalue weighted by Gasteiger charge is 2.17. The maximum atomic E-state index is 12.5. The first-order valence-electron chi connectivity index (χ1n) is 9.53. The molecule has 1 fully saturated rings. The molecule has 0 spiro atoms. The predicted molar refractivity (Wildman–Crippen MR) is 119 cm³/mol. The van der Waals surface area contributed by atoms with Crippen LogP contribution in [0, 0.1) is 0 Å². The molecule has 1 N–H and O–H groups in total. The van der Waals surface area contributed by atoms with E-state index in [1.165, 1.54) is 24.7 Å². The van der Waals surface area contributed by atoms with Crippen LogP contribution < -0.4 is 21.5 Å². The molecule has 1 aromatic carbocycles. The van der Waals surface area contributed by atoms with E-state index in [-0.39, 0.29) is 30.7 Å². The van der Waals surface area contributed by atoms with Crippen molar-refractivity contribution in [3.63, 3.8) is 0 Å². The number of likely N-dealkylation sites (N-methyl/N-ethyl adjacent to an activating group) is 1. The number of benzene rings is 1. The second-order valence-electron chi connectivity index (χ2n) is 7.22. The van der Waals surface area contributed by atoms with E-state index in [0.717, 1.165) is 28.9 Å². The standard InChI is InChI=1S/C20H27N5O4.ClH/c1-22(13-15-6-4-5-7-16(15)25-8-10-29-11-9-25)14-18(26)21-17-12-19(27)24(3)20(28)23(17)2;/h4-7,12H,8-11,13-14H2,1-3H3,(H,21,26);1H. The Morgan fingerprint density at radius 2 is 1.80 bits per heavy atom. The summed E-state index contributed by atoms with van der Waals surface area (Å²) >= 11 is 0. The van der Waals surface area contributed by atoms with Crippen molar-refractivity contribution in [1.29, 1.82) is 0 Å². The van der Waals surface area contributed by atoms with Gasteiger partial charge >= 0.3 is 5.69 Å². The zero-order valence-corrected chi connectivity index (χ0v) is 18.3. The molecule has 0 bridgehead atoms. The van der Waals surface area contributed by atoms with Crippen LogP contribution in [0.25, 0.3) is 0 Å². The summed E-state index contributed by atoms with van der Waals surface area (Å²) in [7, 11) is 4.77. The molecule has 164 valence electrons. The molecule has 3 rings (SSSR count). The van der Waals surface area contributed by atoms with Crippen LogP contribution in [0.15, 0.2) is 39.9 Å². The number of hydrogen-bond acceptors (Lipinski definition) is 6. The number of nitrogens with one attached hydrogen (secondary N) is 1. The minimum Gasteiger partial charge on any atom is -0.378 e. The van der Waals surface area contributed by atoms with E-state index in [1.54, 1.807) is 0 Å². The Morgan fingerprint density at radius 3 is 2.50 bits per heavy atom. The van der Waals surface area contributed by atoms with Gasteiger partial charge < -0.3 is 15.0 Å². The van der Waals surface area contributed by atoms with E-state index in [2.05, 4.69) is 22.3 Å². The lowest BCUT2D eigenvalue weighted by Gasteiger charge is -2.31. The number of carbonyl (C=O) groups is 1. The minimum atomic E-state index is -0.486. The molecule has 1 amide bonds. The van der Waals surface area contributed by atoms with Crippen molar-refractivity contribution in [2.24, 2.45) is 14.1 Å². The van der Waals surface area contributed by atoms with Gasteiger partial charge in [-0.3, -0.25) is 23.6 Å². The predicted octanol–water partition coefficient (Wildman–Crippen LogP) is 0.413. The average molecular weight is 438 g/mol. The van der Waals surface area contributed by atoms with Crippen molar-refractivity contribution in [1.82, 2.24) is 14.0 Å². The SMILES string of the molecule is CN(CC(=O)Nc1cc(=O)n(C)c(=O)n1C)Cc1ccccc1N1CCOCC1.Cl. The second kappa shape index (κ2) is 10.4. The van der Waals surface area contributed by atoms with Crippen LogP contribution in [0.3, 0.4) is 0 Å². The number of ether oxygens (including phenoxy) is 1. The third-order valence-electron chi connectivity index (χ3n) is 4.99. The topological polar surface area (TPSA) is 88.8 Å². The lowest BCUT2D eigenvalue weighted by molar-refractivity contribution is -0.117. The summed E-state index contributed by atoms with van der Waals surface area (Å²) in [5.41, 5.74) is 1.33. The summed E-state index contributed by atoms with van der Waals surface area (Å²) in [6.07, 6.45) is 0. The van der Waals surface area contributed by atoms with Crippen LogP contribution >= 0.6 is 12.4 Å². The Hall–Kier alpha value is -2.62. The van der Waals surface area contributed by atoms with Crippen LogP contribution in [-0.4, -0.2) is 59.8 Å². The highest BCUT2D eigenvalue weighted by atomic mass is 35.5. The number of hydrogen-bond donors (Lipinski definition) is 1. The molecule has 1 aliphatic rings. The molecule has 0 atom stereocenters. The maximum absolute atomic E-state index is 12.5. The fraction of sp³-hybridized carbons (Fsp3) is 0.450. The Morgan fingerprint density at radius 1 is 1.13 bits per heavy atom. The molecular formula is C20H28ClN5O4. The van der Waals surface area contributed by atoms with Gasteiger partial charge in [-0.1, -0.05) is 18.2 Å². The largest absolute Gasteiger partial charge is 0.378 e. The Balaban J connectivity index is 0.00000320. The van der Waals surface area contributed by atoms with Crippen LogP contribution in [0.4, 0.5) is 11.5 Å². The van der Waals surface area contributed by atoms with E-state index in [0.29, 0.717) is 19.8 Å². The van der Waals surface area contributed by atoms with Crippen molar-refractivity contribution in [3.05, 3.63) is 56.7 Å². The number of nitrogens with zero attached hydrogens (tertiary/aromatic N) is 4. The maximum Gasteiger partial charge on any atom is 0.332 e. The van der Waals surface area contributed by atoms with Gasteiger partial charge in [0.25, 0.3) is 5.56 Å². The number of aromatic nitrogens is 2. The summed E-state index contributed by atoms with van der Waals surface area (Å²) in [4.78, 5) is 40.5. The highest BCUT2D eigenvalue weighted by Crippen LogP contribution is 2.22. The van der Waals surface area contributed by atoms with E-state index < -0.39 is 11.2 Å². The van der Waals surface area contributed by atoms with Gasteiger partial charge in [0, 0.05) is 45.5 Å². The van der Waals surface area contributed by atoms with Crippen LogP contribution in [0.1, 0.15) is 5.56 Å². The first-order chi connectivity index (χ1) is 13.9. The smallest absolute Gasteiger partial charge is 0.332 e. The van der Waals surface area contributed by atoms with Gasteiger partial charge in [0.05, 0.1) is 19.8 Å². The number of anilines is 2. The summed E-state index contributed by atoms with van der Waals surface area (Å²) in [6.45, 7) is 3.83. The molecule has 1 aromatic heterocycles. The Labute approximate surface area is 181 Å². The van der Waals surface area contributed by atoms with Gasteiger partial charge in [-0.15, -0.1) is 12.4 Å². The van der Waals surface area contributed by atoms with Crippen LogP contribution in [0.5, 0.6) is 0 Å². The van der Waals surface area contributed by atoms with Crippen LogP contribution in [0.2, 0.25) is 0 Å². The molecule has 2 heterocycles. The first kappa shape index (κ1) is 23.7. The lowest BCUT2D eigenvalue weighted by Crippen LogP contribution is -2.39. The van der Waals surface area contributed by atoms with Gasteiger partial charge in [-0.25, -0.2) is 4.79 Å². The fourth-order valence-electron chi connectivity index (χ4n) is 3.38. The van der Waals surface area contributed by atoms with Crippen molar-refractivity contribution in [2.75, 3.05) is 50.1 Å². The summed E-state index contributed by atoms with van der Waals surface area (Å²) < 4.78 is 7.67. The monoisotopic (exact) mass is 437 g/mol. The number of para-hydroxylation sites is 1. The number of rotatable bonds is 6. The zero-order chi connectivity index (χ0) is 21.0. The van der Waals surface area contributed by atoms with Gasteiger partial charge in [-0.05, 0) is 18.7 Å². The molecule has 0 aliphatic carbocycles. The normalized spacial score (nSPS) is 13.8. The number of carbonyl (C=O) groups excluding carboxylic acids is 1. The lowest BCUT2D eigenvalue weighted by atomic mass is 10.1. The van der Waals surface area contributed by atoms with Gasteiger partial charge in [0.2, 0.25) is 5.91 Å². The van der Waals surface area contributed by atoms with E-state index >= 15 is 0 Å². The number of morpholine rings is 1. The van der Waals surface area contributed by atoms with Crippen molar-refractivity contribution >= 4 is 29.8 Å². The average Bonchev–Trinajstić information content (AvgIpc) is 2.71. The third kappa shape index (κ3) is 5.50. The molecule has 2 aromatic rings. The molecule has 0 unspecified atom stereocenters. The van der Waals surface area contributed by atoms with Crippen molar-refractivity contribution < 1.29 is 9.53 Å². The molecule has 1 saturated heterocycles. The molecule has 9 nitrogen and oxygen atoms in total. The third-order valence-corrected chi connectivity index (χ3v) is 4.99. The molecular weight excluding hydrogens is 410 g/mol. The fourth-order valence-corrected chi connectivity index (χ4v) is 3.38. The summed E-state index contributed by atoms with van der Waals surface area (Å²) in [5.74, 6) is -0.107. The first-order valence-corrected chi connectivity index (χ1v) is 9.53. The van der Waals surface area contributed by atoms with Crippen molar-refractivity contribution in [3.8, 4) is 0 Å². The van der Waals surface area contributed by atoms with E-state index in [9.17, 15) is 14.4 Å². The number of amides is 1. The Kier molecular flexibility index (Phi) is 8.22. The van der Waals surface area contributed by atoms with Gasteiger partial charge in [0.1, 0.15) is 5.82 Å². The second-order valence-corrected chi connectivity index (χ2v) is 7.22. The molecule has 1 aliphatic heterocycles.